The van der Waals surface area contributed by atoms with E-state index in [1.165, 1.54) is 24.8 Å². The monoisotopic (exact) mass is 447 g/mol. The third-order valence-electron chi connectivity index (χ3n) is 6.16. The van der Waals surface area contributed by atoms with Gasteiger partial charge in [0.1, 0.15) is 18.2 Å². The number of piperidine rings is 1. The summed E-state index contributed by atoms with van der Waals surface area (Å²) in [5.41, 5.74) is 2.23. The largest absolute Gasteiger partial charge is 0.492 e. The Bertz CT molecular complexity index is 1030. The van der Waals surface area contributed by atoms with Crippen molar-refractivity contribution in [3.8, 4) is 5.75 Å². The molecule has 0 bridgehead atoms. The van der Waals surface area contributed by atoms with Crippen molar-refractivity contribution < 1.29 is 4.74 Å². The molecule has 0 radical (unpaired) electrons. The van der Waals surface area contributed by atoms with Crippen molar-refractivity contribution in [2.24, 2.45) is 0 Å². The van der Waals surface area contributed by atoms with Gasteiger partial charge in [-0.3, -0.25) is 0 Å². The minimum atomic E-state index is 0.614. The zero-order chi connectivity index (χ0) is 23.0. The molecule has 1 aliphatic heterocycles. The van der Waals surface area contributed by atoms with Crippen molar-refractivity contribution in [2.75, 3.05) is 63.2 Å². The molecule has 1 aliphatic rings. The van der Waals surface area contributed by atoms with Gasteiger partial charge in [0.05, 0.1) is 12.1 Å². The smallest absolute Gasteiger partial charge is 0.227 e. The summed E-state index contributed by atoms with van der Waals surface area (Å²) in [6.07, 6.45) is 4.78. The normalized spacial score (nSPS) is 14.1. The van der Waals surface area contributed by atoms with Crippen LogP contribution in [0.15, 0.2) is 48.5 Å². The van der Waals surface area contributed by atoms with Gasteiger partial charge in [-0.15, -0.1) is 0 Å². The Balaban J connectivity index is 1.60. The van der Waals surface area contributed by atoms with Crippen LogP contribution in [0.5, 0.6) is 5.75 Å². The highest BCUT2D eigenvalue weighted by atomic mass is 16.5. The van der Waals surface area contributed by atoms with Crippen molar-refractivity contribution in [3.05, 3.63) is 54.1 Å². The molecule has 0 aliphatic carbocycles. The Kier molecular flexibility index (Phi) is 8.00. The molecule has 1 aromatic heterocycles. The molecule has 0 saturated carbocycles. The maximum absolute atomic E-state index is 6.12. The number of aromatic nitrogens is 2. The van der Waals surface area contributed by atoms with Crippen molar-refractivity contribution in [1.29, 1.82) is 0 Å². The van der Waals surface area contributed by atoms with Crippen molar-refractivity contribution in [1.82, 2.24) is 14.9 Å². The summed E-state index contributed by atoms with van der Waals surface area (Å²) >= 11 is 0. The quantitative estimate of drug-likeness (QED) is 0.446. The Labute approximate surface area is 198 Å². The molecule has 4 rings (SSSR count). The van der Waals surface area contributed by atoms with E-state index >= 15 is 0 Å². The van der Waals surface area contributed by atoms with Crippen LogP contribution in [0.4, 0.5) is 11.8 Å². The fourth-order valence-corrected chi connectivity index (χ4v) is 4.40. The number of para-hydroxylation sites is 1. The molecule has 0 N–H and O–H groups in total. The van der Waals surface area contributed by atoms with Crippen LogP contribution in [-0.4, -0.2) is 68.3 Å². The number of fused-ring (bicyclic) bond motifs is 1. The van der Waals surface area contributed by atoms with Gasteiger partial charge in [0.25, 0.3) is 0 Å². The van der Waals surface area contributed by atoms with Gasteiger partial charge in [-0.25, -0.2) is 4.98 Å². The molecular formula is C27H37N5O. The number of anilines is 2. The summed E-state index contributed by atoms with van der Waals surface area (Å²) in [5.74, 6) is 2.80. The summed E-state index contributed by atoms with van der Waals surface area (Å²) in [5, 5.41) is 1.11. The molecule has 1 fully saturated rings. The summed E-state index contributed by atoms with van der Waals surface area (Å²) in [4.78, 5) is 17.0. The molecule has 3 aromatic rings. The van der Waals surface area contributed by atoms with Gasteiger partial charge in [-0.1, -0.05) is 24.3 Å². The minimum absolute atomic E-state index is 0.614. The number of benzene rings is 2. The Morgan fingerprint density at radius 2 is 1.73 bits per heavy atom. The number of aryl methyl sites for hydroxylation is 1. The van der Waals surface area contributed by atoms with Gasteiger partial charge in [-0.05, 0) is 83.1 Å². The van der Waals surface area contributed by atoms with E-state index in [1.807, 2.05) is 12.1 Å². The molecule has 0 spiro atoms. The van der Waals surface area contributed by atoms with E-state index in [1.54, 1.807) is 0 Å². The van der Waals surface area contributed by atoms with Crippen LogP contribution in [0, 0.1) is 6.92 Å². The van der Waals surface area contributed by atoms with Crippen molar-refractivity contribution >= 4 is 22.7 Å². The first-order chi connectivity index (χ1) is 16.1. The fraction of sp³-hybridized carbons (Fsp3) is 0.481. The third-order valence-corrected chi connectivity index (χ3v) is 6.16. The highest BCUT2D eigenvalue weighted by Gasteiger charge is 2.19. The minimum Gasteiger partial charge on any atom is -0.492 e. The average Bonchev–Trinajstić information content (AvgIpc) is 2.83. The van der Waals surface area contributed by atoms with E-state index in [0.29, 0.717) is 6.61 Å². The molecule has 0 unspecified atom stereocenters. The molecule has 2 heterocycles. The van der Waals surface area contributed by atoms with Crippen LogP contribution in [0.3, 0.4) is 0 Å². The predicted octanol–water partition coefficient (Wildman–Crippen LogP) is 4.77. The first-order valence-electron chi connectivity index (χ1n) is 12.2. The van der Waals surface area contributed by atoms with Crippen LogP contribution in [0.2, 0.25) is 0 Å². The van der Waals surface area contributed by atoms with Gasteiger partial charge in [0, 0.05) is 25.0 Å². The molecule has 2 aromatic carbocycles. The topological polar surface area (TPSA) is 44.7 Å². The number of hydrogen-bond donors (Lipinski definition) is 0. The molecular weight excluding hydrogens is 410 g/mol. The van der Waals surface area contributed by atoms with Crippen LogP contribution in [-0.2, 0) is 0 Å². The van der Waals surface area contributed by atoms with Crippen molar-refractivity contribution in [3.63, 3.8) is 0 Å². The van der Waals surface area contributed by atoms with Crippen LogP contribution in [0.25, 0.3) is 10.9 Å². The second-order valence-electron chi connectivity index (χ2n) is 9.22. The van der Waals surface area contributed by atoms with Crippen LogP contribution < -0.4 is 14.5 Å². The van der Waals surface area contributed by atoms with Crippen molar-refractivity contribution in [2.45, 2.75) is 32.6 Å². The third kappa shape index (κ3) is 6.35. The Morgan fingerprint density at radius 1 is 0.909 bits per heavy atom. The number of hydrogen-bond acceptors (Lipinski definition) is 6. The van der Waals surface area contributed by atoms with Crippen LogP contribution >= 0.6 is 0 Å². The first kappa shape index (κ1) is 23.3. The molecule has 33 heavy (non-hydrogen) atoms. The van der Waals surface area contributed by atoms with E-state index < -0.39 is 0 Å². The van der Waals surface area contributed by atoms with E-state index in [-0.39, 0.29) is 0 Å². The first-order valence-corrected chi connectivity index (χ1v) is 12.2. The maximum atomic E-state index is 6.12. The highest BCUT2D eigenvalue weighted by Crippen LogP contribution is 2.28. The molecule has 0 atom stereocenters. The summed E-state index contributed by atoms with van der Waals surface area (Å²) < 4.78 is 6.12. The molecule has 0 amide bonds. The fourth-order valence-electron chi connectivity index (χ4n) is 4.40. The maximum Gasteiger partial charge on any atom is 0.227 e. The number of ether oxygens (including phenoxy) is 1. The summed E-state index contributed by atoms with van der Waals surface area (Å²) in [6, 6.07) is 16.6. The van der Waals surface area contributed by atoms with Gasteiger partial charge in [0.15, 0.2) is 0 Å². The zero-order valence-corrected chi connectivity index (χ0v) is 20.3. The Morgan fingerprint density at radius 3 is 2.52 bits per heavy atom. The molecule has 176 valence electrons. The number of rotatable bonds is 10. The predicted molar refractivity (Wildman–Crippen MR) is 138 cm³/mol. The molecule has 6 heteroatoms. The second-order valence-corrected chi connectivity index (χ2v) is 9.22. The Hall–Kier alpha value is -2.86. The van der Waals surface area contributed by atoms with E-state index in [4.69, 9.17) is 14.7 Å². The van der Waals surface area contributed by atoms with E-state index in [9.17, 15) is 0 Å². The van der Waals surface area contributed by atoms with Gasteiger partial charge >= 0.3 is 0 Å². The van der Waals surface area contributed by atoms with E-state index in [2.05, 4.69) is 72.1 Å². The average molecular weight is 448 g/mol. The molecule has 6 nitrogen and oxygen atoms in total. The lowest BCUT2D eigenvalue weighted by Crippen LogP contribution is -2.34. The van der Waals surface area contributed by atoms with Crippen LogP contribution in [0.1, 0.15) is 31.2 Å². The second kappa shape index (κ2) is 11.3. The highest BCUT2D eigenvalue weighted by molar-refractivity contribution is 5.90. The van der Waals surface area contributed by atoms with E-state index in [0.717, 1.165) is 67.6 Å². The van der Waals surface area contributed by atoms with Gasteiger partial charge in [0.2, 0.25) is 5.95 Å². The number of nitrogens with zero attached hydrogens (tertiary/aromatic N) is 5. The lowest BCUT2D eigenvalue weighted by atomic mass is 10.1. The summed E-state index contributed by atoms with van der Waals surface area (Å²) in [6.45, 7) is 7.52. The lowest BCUT2D eigenvalue weighted by Gasteiger charge is -2.30. The summed E-state index contributed by atoms with van der Waals surface area (Å²) in [7, 11) is 4.25. The standard InChI is InChI=1S/C27H37N5O/c1-22-11-9-12-23(21-22)33-20-19-31(18-10-15-30(2)3)26-24-13-5-6-14-25(24)28-27(29-26)32-16-7-4-8-17-32/h5-6,9,11-14,21H,4,7-8,10,15-20H2,1-3H3. The lowest BCUT2D eigenvalue weighted by molar-refractivity contribution is 0.321. The van der Waals surface area contributed by atoms with Gasteiger partial charge < -0.3 is 19.4 Å². The molecule has 1 saturated heterocycles. The SMILES string of the molecule is Cc1cccc(OCCN(CCCN(C)C)c2nc(N3CCCCC3)nc3ccccc23)c1. The van der Waals surface area contributed by atoms with Gasteiger partial charge in [-0.2, -0.15) is 4.98 Å². The zero-order valence-electron chi connectivity index (χ0n) is 20.3.